The van der Waals surface area contributed by atoms with Gasteiger partial charge in [0.25, 0.3) is 0 Å². The number of hydrogen-bond donors (Lipinski definition) is 0. The van der Waals surface area contributed by atoms with Gasteiger partial charge in [-0.3, -0.25) is 0 Å². The zero-order valence-electron chi connectivity index (χ0n) is 10.6. The quantitative estimate of drug-likeness (QED) is 0.402. The first-order chi connectivity index (χ1) is 5.61. The van der Waals surface area contributed by atoms with Crippen molar-refractivity contribution in [3.05, 3.63) is 13.0 Å². The van der Waals surface area contributed by atoms with Crippen LogP contribution in [-0.2, 0) is 4.74 Å². The van der Waals surface area contributed by atoms with Gasteiger partial charge in [-0.05, 0) is 0 Å². The summed E-state index contributed by atoms with van der Waals surface area (Å²) >= 11 is 0. The van der Waals surface area contributed by atoms with E-state index < -0.39 is 0 Å². The van der Waals surface area contributed by atoms with Crippen LogP contribution in [0.25, 0.3) is 0 Å². The van der Waals surface area contributed by atoms with E-state index in [1.54, 1.807) is 0 Å². The van der Waals surface area contributed by atoms with Crippen LogP contribution in [0.5, 0.6) is 0 Å². The maximum atomic E-state index is 4.84. The summed E-state index contributed by atoms with van der Waals surface area (Å²) in [4.78, 5) is 0. The molecule has 0 aromatic carbocycles. The van der Waals surface area contributed by atoms with Crippen LogP contribution in [0.2, 0.25) is 0 Å². The molecule has 80 valence electrons. The molecule has 0 radical (unpaired) electrons. The first-order valence-corrected chi connectivity index (χ1v) is 4.93. The Kier molecular flexibility index (Phi) is 19.9. The van der Waals surface area contributed by atoms with Gasteiger partial charge in [-0.25, -0.2) is 6.42 Å². The van der Waals surface area contributed by atoms with Gasteiger partial charge in [0.1, 0.15) is 0 Å². The van der Waals surface area contributed by atoms with Crippen LogP contribution in [0.15, 0.2) is 0 Å². The summed E-state index contributed by atoms with van der Waals surface area (Å²) in [5, 5.41) is 0. The topological polar surface area (TPSA) is 12.5 Å². The van der Waals surface area contributed by atoms with Crippen LogP contribution in [0.4, 0.5) is 0 Å². The van der Waals surface area contributed by atoms with Crippen LogP contribution in [0.3, 0.4) is 0 Å². The molecule has 1 nitrogen and oxygen atoms in total. The van der Waals surface area contributed by atoms with Crippen molar-refractivity contribution in [1.29, 1.82) is 0 Å². The van der Waals surface area contributed by atoms with Gasteiger partial charge in [-0.2, -0.15) is 12.5 Å². The molecule has 2 atom stereocenters. The largest absolute Gasteiger partial charge is 1.00 e. The fourth-order valence-electron chi connectivity index (χ4n) is 0.983. The number of epoxide rings is 1. The Hall–Kier alpha value is 3.57. The number of rotatable bonds is 2. The summed E-state index contributed by atoms with van der Waals surface area (Å²) in [6, 6.07) is 0. The van der Waals surface area contributed by atoms with E-state index in [2.05, 4.69) is 34.1 Å². The molecule has 1 heterocycles. The maximum Gasteiger partial charge on any atom is 1.00 e. The molecule has 0 aromatic rings. The summed E-state index contributed by atoms with van der Waals surface area (Å²) in [7, 11) is 0. The van der Waals surface area contributed by atoms with E-state index in [1.165, 1.54) is 6.42 Å². The molecule has 1 saturated heterocycles. The predicted octanol–water partition coefficient (Wildman–Crippen LogP) is -2.29. The molecule has 1 aliphatic heterocycles. The monoisotopic (exact) mass is 354 g/mol. The van der Waals surface area contributed by atoms with Gasteiger partial charge in [-0.15, -0.1) is 0 Å². The first-order valence-electron chi connectivity index (χ1n) is 4.93. The molecule has 0 amide bonds. The SMILES string of the molecule is C.CC(C)C1[CH-]C1.CC(C)C1[CH-]O1.[Rb+].[Rb+]. The van der Waals surface area contributed by atoms with Gasteiger partial charge in [0.2, 0.25) is 0 Å². The van der Waals surface area contributed by atoms with E-state index in [-0.39, 0.29) is 124 Å². The summed E-state index contributed by atoms with van der Waals surface area (Å²) < 4.78 is 4.84. The molecular weight excluding hydrogens is 331 g/mol. The average molecular weight is 355 g/mol. The zero-order valence-corrected chi connectivity index (χ0v) is 20.4. The second-order valence-electron chi connectivity index (χ2n) is 4.36. The third kappa shape index (κ3) is 13.8. The van der Waals surface area contributed by atoms with Crippen LogP contribution >= 0.6 is 0 Å². The minimum Gasteiger partial charge on any atom is -0.570 e. The van der Waals surface area contributed by atoms with Gasteiger partial charge in [-0.1, -0.05) is 53.1 Å². The van der Waals surface area contributed by atoms with Gasteiger partial charge in [0, 0.05) is 0 Å². The number of ether oxygens (including phenoxy) is 1. The van der Waals surface area contributed by atoms with Crippen LogP contribution < -0.4 is 116 Å². The Bertz CT molecular complexity index is 114. The third-order valence-corrected chi connectivity index (χ3v) is 2.31. The molecule has 0 bridgehead atoms. The van der Waals surface area contributed by atoms with E-state index in [4.69, 9.17) is 4.74 Å². The fraction of sp³-hybridized carbons (Fsp3) is 0.833. The van der Waals surface area contributed by atoms with E-state index >= 15 is 0 Å². The minimum atomic E-state index is 0. The van der Waals surface area contributed by atoms with Gasteiger partial charge in [0.15, 0.2) is 0 Å². The molecule has 2 rings (SSSR count). The van der Waals surface area contributed by atoms with Crippen molar-refractivity contribution in [2.45, 2.75) is 47.6 Å². The minimum absolute atomic E-state index is 0. The maximum absolute atomic E-state index is 4.84. The first kappa shape index (κ1) is 23.6. The van der Waals surface area contributed by atoms with Crippen molar-refractivity contribution in [2.75, 3.05) is 0 Å². The standard InChI is InChI=1S/C6H11.C5H9O.CH4.2Rb/c1-5(2)6-3-4-6;1-4(2)5-3-6-5;;;/h3,5-6H,4H2,1-2H3;3-5H,1-2H3;1H4;;/q2*-1;;2*+1. The Labute approximate surface area is 194 Å². The number of hydrogen-bond acceptors (Lipinski definition) is 1. The van der Waals surface area contributed by atoms with Crippen LogP contribution in [-0.4, -0.2) is 6.10 Å². The molecule has 2 unspecified atom stereocenters. The molecule has 2 aliphatic rings. The molecule has 2 fully saturated rings. The Balaban J connectivity index is -0.000000160. The molecule has 3 heteroatoms. The average Bonchev–Trinajstić information content (AvgIpc) is 2.85. The van der Waals surface area contributed by atoms with Crippen molar-refractivity contribution in [3.63, 3.8) is 0 Å². The van der Waals surface area contributed by atoms with Crippen molar-refractivity contribution in [3.8, 4) is 0 Å². The molecule has 15 heavy (non-hydrogen) atoms. The van der Waals surface area contributed by atoms with E-state index in [0.717, 1.165) is 11.8 Å². The van der Waals surface area contributed by atoms with Crippen molar-refractivity contribution < 1.29 is 121 Å². The molecule has 0 N–H and O–H groups in total. The van der Waals surface area contributed by atoms with E-state index in [9.17, 15) is 0 Å². The third-order valence-electron chi connectivity index (χ3n) is 2.31. The van der Waals surface area contributed by atoms with Crippen molar-refractivity contribution in [1.82, 2.24) is 0 Å². The second kappa shape index (κ2) is 12.6. The van der Waals surface area contributed by atoms with E-state index in [1.807, 2.05) is 6.61 Å². The van der Waals surface area contributed by atoms with Crippen molar-refractivity contribution in [2.24, 2.45) is 17.8 Å². The summed E-state index contributed by atoms with van der Waals surface area (Å²) in [6.45, 7) is 10.7. The summed E-state index contributed by atoms with van der Waals surface area (Å²) in [5.41, 5.74) is 0. The molecule has 0 aromatic heterocycles. The predicted molar refractivity (Wildman–Crippen MR) is 58.0 cm³/mol. The Morgan fingerprint density at radius 1 is 1.07 bits per heavy atom. The van der Waals surface area contributed by atoms with Crippen molar-refractivity contribution >= 4 is 0 Å². The smallest absolute Gasteiger partial charge is 0.570 e. The Morgan fingerprint density at radius 3 is 1.47 bits per heavy atom. The Morgan fingerprint density at radius 2 is 1.47 bits per heavy atom. The second-order valence-corrected chi connectivity index (χ2v) is 4.36. The fourth-order valence-corrected chi connectivity index (χ4v) is 0.983. The summed E-state index contributed by atoms with van der Waals surface area (Å²) in [6.07, 6.45) is 4.22. The van der Waals surface area contributed by atoms with Crippen LogP contribution in [0, 0.1) is 30.8 Å². The normalized spacial score (nSPS) is 25.2. The van der Waals surface area contributed by atoms with Gasteiger partial charge >= 0.3 is 116 Å². The zero-order chi connectivity index (χ0) is 9.14. The van der Waals surface area contributed by atoms with E-state index in [0.29, 0.717) is 12.0 Å². The molecule has 0 spiro atoms. The molecule has 1 aliphatic carbocycles. The molecule has 1 saturated carbocycles. The van der Waals surface area contributed by atoms with Gasteiger partial charge in [0.05, 0.1) is 0 Å². The van der Waals surface area contributed by atoms with Crippen LogP contribution in [0.1, 0.15) is 41.5 Å². The summed E-state index contributed by atoms with van der Waals surface area (Å²) in [5.74, 6) is 2.57. The van der Waals surface area contributed by atoms with Gasteiger partial charge < -0.3 is 11.2 Å². The molecular formula is C12H24ORb2.